The van der Waals surface area contributed by atoms with Crippen molar-refractivity contribution in [2.24, 2.45) is 11.8 Å². The van der Waals surface area contributed by atoms with Gasteiger partial charge in [0.2, 0.25) is 15.9 Å². The van der Waals surface area contributed by atoms with Gasteiger partial charge >= 0.3 is 0 Å². The van der Waals surface area contributed by atoms with Crippen LogP contribution in [0, 0.1) is 11.8 Å². The molecule has 2 heterocycles. The van der Waals surface area contributed by atoms with Crippen molar-refractivity contribution in [1.82, 2.24) is 9.21 Å². The second kappa shape index (κ2) is 7.37. The van der Waals surface area contributed by atoms with Crippen LogP contribution >= 0.6 is 15.9 Å². The van der Waals surface area contributed by atoms with Gasteiger partial charge in [-0.1, -0.05) is 29.8 Å². The Morgan fingerprint density at radius 1 is 1.12 bits per heavy atom. The molecule has 3 atom stereocenters. The number of amides is 1. The summed E-state index contributed by atoms with van der Waals surface area (Å²) in [4.78, 5) is 15.2. The third kappa shape index (κ3) is 3.93. The minimum Gasteiger partial charge on any atom is -0.341 e. The van der Waals surface area contributed by atoms with Gasteiger partial charge < -0.3 is 4.90 Å². The lowest BCUT2D eigenvalue weighted by molar-refractivity contribution is -0.137. The number of likely N-dealkylation sites (tertiary alicyclic amines) is 1. The fourth-order valence-electron chi connectivity index (χ4n) is 4.07. The largest absolute Gasteiger partial charge is 0.341 e. The second-order valence-corrected chi connectivity index (χ2v) is 10.2. The van der Waals surface area contributed by atoms with Crippen molar-refractivity contribution in [3.8, 4) is 0 Å². The molecule has 0 radical (unpaired) electrons. The van der Waals surface area contributed by atoms with Crippen LogP contribution in [0.1, 0.15) is 33.1 Å². The van der Waals surface area contributed by atoms with E-state index in [4.69, 9.17) is 0 Å². The summed E-state index contributed by atoms with van der Waals surface area (Å²) < 4.78 is 28.3. The van der Waals surface area contributed by atoms with Crippen LogP contribution in [0.15, 0.2) is 33.6 Å². The smallest absolute Gasteiger partial charge is 0.243 e. The molecule has 0 saturated carbocycles. The Morgan fingerprint density at radius 3 is 2.32 bits per heavy atom. The van der Waals surface area contributed by atoms with Crippen molar-refractivity contribution >= 4 is 31.9 Å². The molecular formula is C18H25BrN2O3S. The highest BCUT2D eigenvalue weighted by Crippen LogP contribution is 2.30. The SMILES string of the molecule is C[C@@H]1C[C@@H](C)CN(C(=O)[C@H]2CCCN2S(=O)(=O)c2ccc(Br)cc2)C1. The minimum absolute atomic E-state index is 0.0309. The minimum atomic E-state index is -3.65. The van der Waals surface area contributed by atoms with E-state index in [1.165, 1.54) is 4.31 Å². The van der Waals surface area contributed by atoms with Gasteiger partial charge in [0.15, 0.2) is 0 Å². The Labute approximate surface area is 158 Å². The monoisotopic (exact) mass is 428 g/mol. The number of rotatable bonds is 3. The van der Waals surface area contributed by atoms with E-state index in [1.807, 2.05) is 4.90 Å². The topological polar surface area (TPSA) is 57.7 Å². The molecule has 0 aromatic heterocycles. The highest BCUT2D eigenvalue weighted by molar-refractivity contribution is 9.10. The molecule has 5 nitrogen and oxygen atoms in total. The summed E-state index contributed by atoms with van der Waals surface area (Å²) in [5.41, 5.74) is 0. The van der Waals surface area contributed by atoms with Crippen molar-refractivity contribution < 1.29 is 13.2 Å². The highest BCUT2D eigenvalue weighted by atomic mass is 79.9. The van der Waals surface area contributed by atoms with Crippen LogP contribution in [0.25, 0.3) is 0 Å². The average molecular weight is 429 g/mol. The first-order valence-corrected chi connectivity index (χ1v) is 11.1. The molecule has 2 aliphatic rings. The number of nitrogens with zero attached hydrogens (tertiary/aromatic N) is 2. The normalized spacial score (nSPS) is 28.3. The maximum Gasteiger partial charge on any atom is 0.243 e. The molecule has 25 heavy (non-hydrogen) atoms. The van der Waals surface area contributed by atoms with Crippen LogP contribution < -0.4 is 0 Å². The van der Waals surface area contributed by atoms with Gasteiger partial charge in [-0.2, -0.15) is 4.31 Å². The Morgan fingerprint density at radius 2 is 1.72 bits per heavy atom. The van der Waals surface area contributed by atoms with Gasteiger partial charge in [0.25, 0.3) is 0 Å². The molecule has 3 rings (SSSR count). The van der Waals surface area contributed by atoms with Crippen LogP contribution in [0.3, 0.4) is 0 Å². The molecular weight excluding hydrogens is 404 g/mol. The van der Waals surface area contributed by atoms with E-state index in [0.29, 0.717) is 24.8 Å². The van der Waals surface area contributed by atoms with E-state index in [2.05, 4.69) is 29.8 Å². The standard InChI is InChI=1S/C18H25BrN2O3S/c1-13-10-14(2)12-20(11-13)18(22)17-4-3-9-21(17)25(23,24)16-7-5-15(19)6-8-16/h5-8,13-14,17H,3-4,9-12H2,1-2H3/t13-,14-,17-/m1/s1. The molecule has 0 aliphatic carbocycles. The number of carbonyl (C=O) groups is 1. The lowest BCUT2D eigenvalue weighted by Crippen LogP contribution is -2.51. The van der Waals surface area contributed by atoms with Gasteiger partial charge in [0, 0.05) is 24.1 Å². The predicted molar refractivity (Wildman–Crippen MR) is 101 cm³/mol. The van der Waals surface area contributed by atoms with E-state index in [-0.39, 0.29) is 10.8 Å². The summed E-state index contributed by atoms with van der Waals surface area (Å²) in [5.74, 6) is 0.896. The zero-order valence-corrected chi connectivity index (χ0v) is 17.1. The summed E-state index contributed by atoms with van der Waals surface area (Å²) >= 11 is 3.32. The number of benzene rings is 1. The highest BCUT2D eigenvalue weighted by Gasteiger charge is 2.42. The van der Waals surface area contributed by atoms with Gasteiger partial charge in [0.05, 0.1) is 4.90 Å². The lowest BCUT2D eigenvalue weighted by Gasteiger charge is -2.37. The molecule has 0 spiro atoms. The molecule has 0 N–H and O–H groups in total. The molecule has 1 amide bonds. The van der Waals surface area contributed by atoms with Crippen LogP contribution in [0.4, 0.5) is 0 Å². The van der Waals surface area contributed by atoms with Crippen LogP contribution in [-0.2, 0) is 14.8 Å². The number of hydrogen-bond acceptors (Lipinski definition) is 3. The van der Waals surface area contributed by atoms with E-state index in [1.54, 1.807) is 24.3 Å². The van der Waals surface area contributed by atoms with Crippen LogP contribution in [0.2, 0.25) is 0 Å². The van der Waals surface area contributed by atoms with Crippen molar-refractivity contribution in [1.29, 1.82) is 0 Å². The number of hydrogen-bond donors (Lipinski definition) is 0. The van der Waals surface area contributed by atoms with Gasteiger partial charge in [-0.25, -0.2) is 8.42 Å². The molecule has 2 aliphatic heterocycles. The first-order valence-electron chi connectivity index (χ1n) is 8.85. The molecule has 7 heteroatoms. The summed E-state index contributed by atoms with van der Waals surface area (Å²) in [6.07, 6.45) is 2.45. The molecule has 0 unspecified atom stereocenters. The first-order chi connectivity index (χ1) is 11.8. The van der Waals surface area contributed by atoms with Gasteiger partial charge in [-0.05, 0) is 55.4 Å². The van der Waals surface area contributed by atoms with Crippen LogP contribution in [-0.4, -0.2) is 49.2 Å². The van der Waals surface area contributed by atoms with E-state index in [9.17, 15) is 13.2 Å². The summed E-state index contributed by atoms with van der Waals surface area (Å²) in [5, 5.41) is 0. The third-order valence-corrected chi connectivity index (χ3v) is 7.54. The predicted octanol–water partition coefficient (Wildman–Crippen LogP) is 3.11. The second-order valence-electron chi connectivity index (χ2n) is 7.42. The van der Waals surface area contributed by atoms with Crippen molar-refractivity contribution in [3.63, 3.8) is 0 Å². The quantitative estimate of drug-likeness (QED) is 0.742. The fourth-order valence-corrected chi connectivity index (χ4v) is 5.99. The molecule has 2 saturated heterocycles. The summed E-state index contributed by atoms with van der Waals surface area (Å²) in [7, 11) is -3.65. The van der Waals surface area contributed by atoms with Crippen molar-refractivity contribution in [3.05, 3.63) is 28.7 Å². The van der Waals surface area contributed by atoms with Gasteiger partial charge in [-0.3, -0.25) is 4.79 Å². The van der Waals surface area contributed by atoms with E-state index < -0.39 is 16.1 Å². The van der Waals surface area contributed by atoms with Crippen LogP contribution in [0.5, 0.6) is 0 Å². The van der Waals surface area contributed by atoms with Crippen molar-refractivity contribution in [2.45, 2.75) is 44.0 Å². The zero-order valence-electron chi connectivity index (χ0n) is 14.7. The number of sulfonamides is 1. The Bertz CT molecular complexity index is 725. The number of halogens is 1. The molecule has 138 valence electrons. The third-order valence-electron chi connectivity index (χ3n) is 5.09. The van der Waals surface area contributed by atoms with Gasteiger partial charge in [-0.15, -0.1) is 0 Å². The van der Waals surface area contributed by atoms with Crippen molar-refractivity contribution in [2.75, 3.05) is 19.6 Å². The average Bonchev–Trinajstić information content (AvgIpc) is 3.04. The Balaban J connectivity index is 1.82. The van der Waals surface area contributed by atoms with E-state index in [0.717, 1.165) is 30.4 Å². The first kappa shape index (κ1) is 18.9. The fraction of sp³-hybridized carbons (Fsp3) is 0.611. The lowest BCUT2D eigenvalue weighted by atomic mass is 9.91. The van der Waals surface area contributed by atoms with Gasteiger partial charge in [0.1, 0.15) is 6.04 Å². The molecule has 2 fully saturated rings. The summed E-state index contributed by atoms with van der Waals surface area (Å²) in [6.45, 7) is 6.17. The zero-order chi connectivity index (χ0) is 18.2. The number of piperidine rings is 1. The van der Waals surface area contributed by atoms with E-state index >= 15 is 0 Å². The number of carbonyl (C=O) groups excluding carboxylic acids is 1. The molecule has 0 bridgehead atoms. The summed E-state index contributed by atoms with van der Waals surface area (Å²) in [6, 6.07) is 6.04. The Hall–Kier alpha value is -0.920. The molecule has 1 aromatic carbocycles. The maximum atomic E-state index is 13.0. The molecule has 1 aromatic rings. The Kier molecular flexibility index (Phi) is 5.56. The maximum absolute atomic E-state index is 13.0.